The van der Waals surface area contributed by atoms with Crippen LogP contribution in [0, 0.1) is 5.82 Å². The number of hydrogen-bond donors (Lipinski definition) is 1. The van der Waals surface area contributed by atoms with Gasteiger partial charge in [-0.25, -0.2) is 9.37 Å². The summed E-state index contributed by atoms with van der Waals surface area (Å²) < 4.78 is 20.2. The van der Waals surface area contributed by atoms with E-state index in [1.54, 1.807) is 13.2 Å². The molecule has 92 valence electrons. The van der Waals surface area contributed by atoms with Crippen molar-refractivity contribution in [2.45, 2.75) is 12.5 Å². The second kappa shape index (κ2) is 4.81. The molecule has 0 saturated heterocycles. The van der Waals surface area contributed by atoms with Crippen molar-refractivity contribution >= 4 is 11.0 Å². The van der Waals surface area contributed by atoms with Gasteiger partial charge < -0.3 is 15.0 Å². The number of nitrogens with zero attached hydrogens (tertiary/aromatic N) is 2. The van der Waals surface area contributed by atoms with Crippen molar-refractivity contribution in [3.05, 3.63) is 29.8 Å². The van der Waals surface area contributed by atoms with Crippen LogP contribution >= 0.6 is 0 Å². The average molecular weight is 237 g/mol. The number of aromatic nitrogens is 2. The summed E-state index contributed by atoms with van der Waals surface area (Å²) in [5.41, 5.74) is 7.15. The van der Waals surface area contributed by atoms with Crippen LogP contribution in [0.15, 0.2) is 18.2 Å². The minimum atomic E-state index is -0.274. The van der Waals surface area contributed by atoms with Crippen molar-refractivity contribution in [1.29, 1.82) is 0 Å². The smallest absolute Gasteiger partial charge is 0.125 e. The summed E-state index contributed by atoms with van der Waals surface area (Å²) >= 11 is 0. The van der Waals surface area contributed by atoms with E-state index in [-0.39, 0.29) is 11.9 Å². The zero-order valence-corrected chi connectivity index (χ0v) is 9.98. The minimum Gasteiger partial charge on any atom is -0.380 e. The molecule has 0 aliphatic rings. The first-order valence-corrected chi connectivity index (χ1v) is 5.49. The van der Waals surface area contributed by atoms with Gasteiger partial charge in [0, 0.05) is 33.2 Å². The molecule has 1 atom stereocenters. The van der Waals surface area contributed by atoms with Crippen molar-refractivity contribution in [2.24, 2.45) is 12.8 Å². The highest BCUT2D eigenvalue weighted by atomic mass is 19.1. The molecule has 0 aliphatic carbocycles. The third-order valence-corrected chi connectivity index (χ3v) is 2.94. The average Bonchev–Trinajstić information content (AvgIpc) is 2.62. The van der Waals surface area contributed by atoms with Gasteiger partial charge in [-0.15, -0.1) is 0 Å². The highest BCUT2D eigenvalue weighted by Gasteiger charge is 2.13. The lowest BCUT2D eigenvalue weighted by Gasteiger charge is -2.12. The number of benzene rings is 1. The predicted molar refractivity (Wildman–Crippen MR) is 64.2 cm³/mol. The third kappa shape index (κ3) is 2.30. The summed E-state index contributed by atoms with van der Waals surface area (Å²) in [5.74, 6) is 0.576. The zero-order valence-electron chi connectivity index (χ0n) is 9.98. The summed E-state index contributed by atoms with van der Waals surface area (Å²) in [4.78, 5) is 4.40. The van der Waals surface area contributed by atoms with Crippen LogP contribution < -0.4 is 5.73 Å². The molecule has 1 aromatic carbocycles. The van der Waals surface area contributed by atoms with Gasteiger partial charge in [0.1, 0.15) is 11.6 Å². The van der Waals surface area contributed by atoms with Crippen molar-refractivity contribution in [2.75, 3.05) is 13.7 Å². The molecule has 0 amide bonds. The van der Waals surface area contributed by atoms with Crippen molar-refractivity contribution in [3.8, 4) is 0 Å². The molecule has 0 bridgehead atoms. The number of methoxy groups -OCH3 is 1. The second-order valence-corrected chi connectivity index (χ2v) is 4.02. The van der Waals surface area contributed by atoms with Crippen LogP contribution in [-0.4, -0.2) is 29.3 Å². The Morgan fingerprint density at radius 1 is 1.53 bits per heavy atom. The fourth-order valence-corrected chi connectivity index (χ4v) is 1.87. The van der Waals surface area contributed by atoms with Gasteiger partial charge in [-0.05, 0) is 12.1 Å². The minimum absolute atomic E-state index is 0.0599. The summed E-state index contributed by atoms with van der Waals surface area (Å²) in [5, 5.41) is 0. The van der Waals surface area contributed by atoms with Gasteiger partial charge in [-0.2, -0.15) is 0 Å². The summed E-state index contributed by atoms with van der Waals surface area (Å²) in [7, 11) is 3.53. The number of aryl methyl sites for hydroxylation is 1. The normalized spacial score (nSPS) is 13.2. The zero-order chi connectivity index (χ0) is 12.4. The van der Waals surface area contributed by atoms with E-state index in [1.165, 1.54) is 12.1 Å². The standard InChI is InChI=1S/C12H16FN3O/c1-16-11-4-3-8(13)5-10(11)15-12(16)6-9(7-14)17-2/h3-5,9H,6-7,14H2,1-2H3. The number of fused-ring (bicyclic) bond motifs is 1. The molecule has 4 nitrogen and oxygen atoms in total. The molecule has 0 spiro atoms. The van der Waals surface area contributed by atoms with Crippen LogP contribution in [0.1, 0.15) is 5.82 Å². The van der Waals surface area contributed by atoms with Gasteiger partial charge in [-0.3, -0.25) is 0 Å². The Kier molecular flexibility index (Phi) is 3.40. The van der Waals surface area contributed by atoms with Crippen LogP contribution in [0.2, 0.25) is 0 Å². The summed E-state index contributed by atoms with van der Waals surface area (Å²) in [6.07, 6.45) is 0.565. The van der Waals surface area contributed by atoms with E-state index in [0.717, 1.165) is 11.3 Å². The summed E-state index contributed by atoms with van der Waals surface area (Å²) in [6.45, 7) is 0.439. The molecule has 2 N–H and O–H groups in total. The van der Waals surface area contributed by atoms with Crippen LogP contribution in [0.4, 0.5) is 4.39 Å². The largest absolute Gasteiger partial charge is 0.380 e. The molecular weight excluding hydrogens is 221 g/mol. The Morgan fingerprint density at radius 2 is 2.29 bits per heavy atom. The molecular formula is C12H16FN3O. The Morgan fingerprint density at radius 3 is 2.94 bits per heavy atom. The lowest BCUT2D eigenvalue weighted by Crippen LogP contribution is -2.25. The van der Waals surface area contributed by atoms with Crippen LogP contribution in [0.3, 0.4) is 0 Å². The molecule has 2 aromatic rings. The molecule has 0 saturated carbocycles. The molecule has 1 aromatic heterocycles. The molecule has 17 heavy (non-hydrogen) atoms. The van der Waals surface area contributed by atoms with Crippen LogP contribution in [-0.2, 0) is 18.2 Å². The van der Waals surface area contributed by atoms with E-state index in [9.17, 15) is 4.39 Å². The monoisotopic (exact) mass is 237 g/mol. The highest BCUT2D eigenvalue weighted by molar-refractivity contribution is 5.75. The van der Waals surface area contributed by atoms with Gasteiger partial charge in [0.05, 0.1) is 17.1 Å². The maximum absolute atomic E-state index is 13.1. The number of nitrogens with two attached hydrogens (primary N) is 1. The molecule has 2 rings (SSSR count). The molecule has 0 aliphatic heterocycles. The van der Waals surface area contributed by atoms with E-state index in [1.807, 2.05) is 11.6 Å². The number of hydrogen-bond acceptors (Lipinski definition) is 3. The lowest BCUT2D eigenvalue weighted by molar-refractivity contribution is 0.108. The fraction of sp³-hybridized carbons (Fsp3) is 0.417. The van der Waals surface area contributed by atoms with Crippen molar-refractivity contribution < 1.29 is 9.13 Å². The number of imidazole rings is 1. The van der Waals surface area contributed by atoms with Gasteiger partial charge in [0.25, 0.3) is 0 Å². The second-order valence-electron chi connectivity index (χ2n) is 4.02. The van der Waals surface area contributed by atoms with E-state index < -0.39 is 0 Å². The number of ether oxygens (including phenoxy) is 1. The highest BCUT2D eigenvalue weighted by Crippen LogP contribution is 2.17. The van der Waals surface area contributed by atoms with Gasteiger partial charge in [0.15, 0.2) is 0 Å². The summed E-state index contributed by atoms with van der Waals surface area (Å²) in [6, 6.07) is 4.60. The first kappa shape index (κ1) is 12.0. The first-order valence-electron chi connectivity index (χ1n) is 5.49. The Labute approximate surface area is 99.2 Å². The Bertz CT molecular complexity index is 520. The van der Waals surface area contributed by atoms with Gasteiger partial charge in [-0.1, -0.05) is 0 Å². The van der Waals surface area contributed by atoms with E-state index >= 15 is 0 Å². The van der Waals surface area contributed by atoms with E-state index in [2.05, 4.69) is 4.98 Å². The Balaban J connectivity index is 2.38. The Hall–Kier alpha value is -1.46. The first-order chi connectivity index (χ1) is 8.15. The molecule has 1 unspecified atom stereocenters. The lowest BCUT2D eigenvalue weighted by atomic mass is 10.2. The molecule has 5 heteroatoms. The molecule has 1 heterocycles. The van der Waals surface area contributed by atoms with Crippen LogP contribution in [0.25, 0.3) is 11.0 Å². The van der Waals surface area contributed by atoms with E-state index in [4.69, 9.17) is 10.5 Å². The van der Waals surface area contributed by atoms with Crippen molar-refractivity contribution in [3.63, 3.8) is 0 Å². The van der Waals surface area contributed by atoms with Gasteiger partial charge >= 0.3 is 0 Å². The molecule has 0 radical (unpaired) electrons. The maximum atomic E-state index is 13.1. The van der Waals surface area contributed by atoms with Gasteiger partial charge in [0.2, 0.25) is 0 Å². The van der Waals surface area contributed by atoms with E-state index in [0.29, 0.717) is 18.5 Å². The topological polar surface area (TPSA) is 53.1 Å². The number of rotatable bonds is 4. The third-order valence-electron chi connectivity index (χ3n) is 2.94. The molecule has 0 fully saturated rings. The van der Waals surface area contributed by atoms with Crippen LogP contribution in [0.5, 0.6) is 0 Å². The maximum Gasteiger partial charge on any atom is 0.125 e. The predicted octanol–water partition coefficient (Wildman–Crippen LogP) is 1.23. The van der Waals surface area contributed by atoms with Crippen molar-refractivity contribution in [1.82, 2.24) is 9.55 Å². The fourth-order valence-electron chi connectivity index (χ4n) is 1.87. The quantitative estimate of drug-likeness (QED) is 0.870. The number of halogens is 1. The SMILES string of the molecule is COC(CN)Cc1nc2cc(F)ccc2n1C.